The minimum Gasteiger partial charge on any atom is -0.356 e. The van der Waals surface area contributed by atoms with Gasteiger partial charge in [0.15, 0.2) is 0 Å². The highest BCUT2D eigenvalue weighted by Gasteiger charge is 2.30. The molecule has 1 aliphatic heterocycles. The van der Waals surface area contributed by atoms with Crippen molar-refractivity contribution >= 4 is 17.6 Å². The van der Waals surface area contributed by atoms with Crippen LogP contribution in [0.4, 0.5) is 5.82 Å². The van der Waals surface area contributed by atoms with Crippen LogP contribution in [0.25, 0.3) is 0 Å². The average molecular weight is 532 g/mol. The molecule has 2 aromatic rings. The number of rotatable bonds is 7. The SMILES string of the molecule is CN(C(=O)c1ccc2c(c1)C(NC(=O)CCC1CCCC1)CC2)C1CCN(c2ccnc(C(C)(C)C)n2)CC1. The molecule has 1 atom stereocenters. The summed E-state index contributed by atoms with van der Waals surface area (Å²) in [6.45, 7) is 8.12. The fourth-order valence-corrected chi connectivity index (χ4v) is 6.52. The van der Waals surface area contributed by atoms with Crippen LogP contribution in [-0.4, -0.2) is 52.9 Å². The molecule has 0 spiro atoms. The Bertz CT molecular complexity index is 1180. The summed E-state index contributed by atoms with van der Waals surface area (Å²) in [6.07, 6.45) is 12.3. The minimum atomic E-state index is -0.0892. The van der Waals surface area contributed by atoms with Crippen molar-refractivity contribution in [2.75, 3.05) is 25.0 Å². The van der Waals surface area contributed by atoms with Gasteiger partial charge < -0.3 is 15.1 Å². The third-order valence-electron chi connectivity index (χ3n) is 9.03. The van der Waals surface area contributed by atoms with Crippen LogP contribution in [0.15, 0.2) is 30.5 Å². The molecule has 2 amide bonds. The van der Waals surface area contributed by atoms with E-state index in [9.17, 15) is 9.59 Å². The van der Waals surface area contributed by atoms with E-state index in [2.05, 4.69) is 42.0 Å². The Balaban J connectivity index is 1.17. The maximum atomic E-state index is 13.5. The number of anilines is 1. The molecule has 1 unspecified atom stereocenters. The first-order valence-electron chi connectivity index (χ1n) is 15.0. The summed E-state index contributed by atoms with van der Waals surface area (Å²) in [5.41, 5.74) is 3.00. The maximum Gasteiger partial charge on any atom is 0.253 e. The van der Waals surface area contributed by atoms with Gasteiger partial charge in [0.05, 0.1) is 6.04 Å². The largest absolute Gasteiger partial charge is 0.356 e. The molecule has 210 valence electrons. The van der Waals surface area contributed by atoms with E-state index in [1.807, 2.05) is 36.3 Å². The van der Waals surface area contributed by atoms with Gasteiger partial charge in [0.1, 0.15) is 11.6 Å². The summed E-state index contributed by atoms with van der Waals surface area (Å²) in [5, 5.41) is 3.27. The van der Waals surface area contributed by atoms with Crippen molar-refractivity contribution in [1.29, 1.82) is 0 Å². The van der Waals surface area contributed by atoms with Crippen LogP contribution in [-0.2, 0) is 16.6 Å². The number of carbonyl (C=O) groups excluding carboxylic acids is 2. The molecule has 2 fully saturated rings. The number of amides is 2. The number of fused-ring (bicyclic) bond motifs is 1. The van der Waals surface area contributed by atoms with E-state index < -0.39 is 0 Å². The molecule has 0 radical (unpaired) electrons. The Morgan fingerprint density at radius 1 is 1.05 bits per heavy atom. The molecular weight excluding hydrogens is 486 g/mol. The zero-order valence-electron chi connectivity index (χ0n) is 24.2. The van der Waals surface area contributed by atoms with Gasteiger partial charge in [-0.2, -0.15) is 0 Å². The van der Waals surface area contributed by atoms with Crippen LogP contribution in [0.3, 0.4) is 0 Å². The van der Waals surface area contributed by atoms with Gasteiger partial charge >= 0.3 is 0 Å². The van der Waals surface area contributed by atoms with Crippen molar-refractivity contribution in [2.24, 2.45) is 5.92 Å². The van der Waals surface area contributed by atoms with Crippen LogP contribution < -0.4 is 10.2 Å². The fraction of sp³-hybridized carbons (Fsp3) is 0.625. The van der Waals surface area contributed by atoms with Gasteiger partial charge in [-0.15, -0.1) is 0 Å². The summed E-state index contributed by atoms with van der Waals surface area (Å²) in [5.74, 6) is 2.76. The van der Waals surface area contributed by atoms with Gasteiger partial charge in [-0.1, -0.05) is 52.5 Å². The number of nitrogens with one attached hydrogen (secondary N) is 1. The lowest BCUT2D eigenvalue weighted by Gasteiger charge is -2.37. The topological polar surface area (TPSA) is 78.4 Å². The van der Waals surface area contributed by atoms with Gasteiger partial charge in [0.2, 0.25) is 5.91 Å². The fourth-order valence-electron chi connectivity index (χ4n) is 6.52. The summed E-state index contributed by atoms with van der Waals surface area (Å²) >= 11 is 0. The smallest absolute Gasteiger partial charge is 0.253 e. The molecule has 1 aromatic heterocycles. The Labute approximate surface area is 233 Å². The van der Waals surface area contributed by atoms with Crippen molar-refractivity contribution in [1.82, 2.24) is 20.2 Å². The predicted octanol–water partition coefficient (Wildman–Crippen LogP) is 5.59. The second-order valence-corrected chi connectivity index (χ2v) is 12.9. The van der Waals surface area contributed by atoms with Gasteiger partial charge in [-0.25, -0.2) is 9.97 Å². The third kappa shape index (κ3) is 6.44. The Kier molecular flexibility index (Phi) is 8.24. The molecule has 2 heterocycles. The lowest BCUT2D eigenvalue weighted by Crippen LogP contribution is -2.46. The van der Waals surface area contributed by atoms with Crippen molar-refractivity contribution < 1.29 is 9.59 Å². The Hall–Kier alpha value is -2.96. The summed E-state index contributed by atoms with van der Waals surface area (Å²) in [6, 6.07) is 8.28. The number of benzene rings is 1. The van der Waals surface area contributed by atoms with E-state index in [1.54, 1.807) is 0 Å². The number of hydrogen-bond acceptors (Lipinski definition) is 5. The molecule has 2 aliphatic carbocycles. The molecule has 7 nitrogen and oxygen atoms in total. The van der Waals surface area contributed by atoms with Gasteiger partial charge in [-0.3, -0.25) is 9.59 Å². The molecular formula is C32H45N5O2. The standard InChI is InChI=1S/C32H45N5O2/c1-32(2,3)31-33-18-15-28(35-31)37-19-16-25(17-20-37)36(4)30(39)24-11-10-23-12-13-27(26(23)21-24)34-29(38)14-9-22-7-5-6-8-22/h10-11,15,18,21-22,25,27H,5-9,12-14,16-17,19-20H2,1-4H3,(H,34,38). The Morgan fingerprint density at radius 2 is 1.79 bits per heavy atom. The number of piperidine rings is 1. The molecule has 5 rings (SSSR count). The van der Waals surface area contributed by atoms with Crippen molar-refractivity contribution in [3.05, 3.63) is 53.0 Å². The van der Waals surface area contributed by atoms with E-state index in [4.69, 9.17) is 4.98 Å². The molecule has 1 saturated heterocycles. The van der Waals surface area contributed by atoms with Crippen LogP contribution in [0.2, 0.25) is 0 Å². The number of nitrogens with zero attached hydrogens (tertiary/aromatic N) is 4. The van der Waals surface area contributed by atoms with Crippen molar-refractivity contribution in [2.45, 2.75) is 102 Å². The monoisotopic (exact) mass is 531 g/mol. The van der Waals surface area contributed by atoms with Crippen molar-refractivity contribution in [3.8, 4) is 0 Å². The number of carbonyl (C=O) groups is 2. The van der Waals surface area contributed by atoms with Crippen LogP contribution in [0.1, 0.15) is 112 Å². The molecule has 39 heavy (non-hydrogen) atoms. The van der Waals surface area contributed by atoms with Crippen molar-refractivity contribution in [3.63, 3.8) is 0 Å². The summed E-state index contributed by atoms with van der Waals surface area (Å²) in [4.78, 5) is 39.7. The predicted molar refractivity (Wildman–Crippen MR) is 155 cm³/mol. The quantitative estimate of drug-likeness (QED) is 0.504. The van der Waals surface area contributed by atoms with Gasteiger partial charge in [0.25, 0.3) is 5.91 Å². The zero-order chi connectivity index (χ0) is 27.6. The van der Waals surface area contributed by atoms with E-state index in [1.165, 1.54) is 31.2 Å². The first-order valence-corrected chi connectivity index (χ1v) is 15.0. The average Bonchev–Trinajstić information content (AvgIpc) is 3.61. The van der Waals surface area contributed by atoms with Gasteiger partial charge in [0, 0.05) is 49.8 Å². The molecule has 7 heteroatoms. The Morgan fingerprint density at radius 3 is 2.51 bits per heavy atom. The highest BCUT2D eigenvalue weighted by atomic mass is 16.2. The molecule has 1 aromatic carbocycles. The highest BCUT2D eigenvalue weighted by Crippen LogP contribution is 2.33. The van der Waals surface area contributed by atoms with E-state index >= 15 is 0 Å². The normalized spacial score (nSPS) is 20.2. The first-order chi connectivity index (χ1) is 18.7. The maximum absolute atomic E-state index is 13.5. The summed E-state index contributed by atoms with van der Waals surface area (Å²) < 4.78 is 0. The van der Waals surface area contributed by atoms with Gasteiger partial charge in [-0.05, 0) is 67.3 Å². The molecule has 1 saturated carbocycles. The third-order valence-corrected chi connectivity index (χ3v) is 9.03. The first kappa shape index (κ1) is 27.6. The van der Waals surface area contributed by atoms with E-state index in [0.29, 0.717) is 6.42 Å². The number of aryl methyl sites for hydroxylation is 1. The molecule has 0 bridgehead atoms. The lowest BCUT2D eigenvalue weighted by molar-refractivity contribution is -0.122. The van der Waals surface area contributed by atoms with Crippen LogP contribution in [0, 0.1) is 5.92 Å². The molecule has 1 N–H and O–H groups in total. The minimum absolute atomic E-state index is 0.0169. The lowest BCUT2D eigenvalue weighted by atomic mass is 9.96. The second-order valence-electron chi connectivity index (χ2n) is 12.9. The number of hydrogen-bond donors (Lipinski definition) is 1. The summed E-state index contributed by atoms with van der Waals surface area (Å²) in [7, 11) is 1.93. The number of aromatic nitrogens is 2. The molecule has 3 aliphatic rings. The highest BCUT2D eigenvalue weighted by molar-refractivity contribution is 5.94. The van der Waals surface area contributed by atoms with E-state index in [0.717, 1.165) is 73.9 Å². The zero-order valence-corrected chi connectivity index (χ0v) is 24.2. The van der Waals surface area contributed by atoms with E-state index in [-0.39, 0.29) is 29.3 Å². The second kappa shape index (κ2) is 11.6. The van der Waals surface area contributed by atoms with Crippen LogP contribution in [0.5, 0.6) is 0 Å². The van der Waals surface area contributed by atoms with Crippen LogP contribution >= 0.6 is 0 Å².